The van der Waals surface area contributed by atoms with Crippen LogP contribution in [0.3, 0.4) is 0 Å². The van der Waals surface area contributed by atoms with Crippen molar-refractivity contribution in [3.63, 3.8) is 0 Å². The quantitative estimate of drug-likeness (QED) is 0.628. The molecule has 1 N–H and O–H groups in total. The van der Waals surface area contributed by atoms with E-state index in [9.17, 15) is 4.79 Å². The number of aryl methyl sites for hydroxylation is 2. The minimum atomic E-state index is -0.133. The van der Waals surface area contributed by atoms with Crippen LogP contribution in [0.1, 0.15) is 39.0 Å². The zero-order chi connectivity index (χ0) is 17.8. The van der Waals surface area contributed by atoms with Gasteiger partial charge in [0.15, 0.2) is 0 Å². The molecule has 3 nitrogen and oxygen atoms in total. The summed E-state index contributed by atoms with van der Waals surface area (Å²) >= 11 is 3.46. The van der Waals surface area contributed by atoms with Gasteiger partial charge in [0, 0.05) is 0 Å². The van der Waals surface area contributed by atoms with Crippen LogP contribution in [0.2, 0.25) is 0 Å². The van der Waals surface area contributed by atoms with Gasteiger partial charge in [0.05, 0.1) is 16.1 Å². The molecule has 0 bridgehead atoms. The van der Waals surface area contributed by atoms with Crippen molar-refractivity contribution >= 4 is 21.8 Å². The first-order chi connectivity index (χ1) is 12.1. The normalized spacial score (nSPS) is 12.0. The predicted molar refractivity (Wildman–Crippen MR) is 103 cm³/mol. The second-order valence-electron chi connectivity index (χ2n) is 6.03. The zero-order valence-corrected chi connectivity index (χ0v) is 15.8. The molecule has 25 heavy (non-hydrogen) atoms. The Bertz CT molecular complexity index is 856. The molecular formula is C21H20BrNO2. The Balaban J connectivity index is 1.88. The Hall–Kier alpha value is -2.33. The van der Waals surface area contributed by atoms with E-state index < -0.39 is 0 Å². The highest BCUT2D eigenvalue weighted by molar-refractivity contribution is 9.10. The molecule has 0 aliphatic carbocycles. The van der Waals surface area contributed by atoms with Gasteiger partial charge < -0.3 is 9.73 Å². The third-order valence-corrected chi connectivity index (χ3v) is 5.16. The van der Waals surface area contributed by atoms with Gasteiger partial charge in [-0.15, -0.1) is 0 Å². The zero-order valence-electron chi connectivity index (χ0n) is 14.3. The summed E-state index contributed by atoms with van der Waals surface area (Å²) in [5.41, 5.74) is 2.82. The Morgan fingerprint density at radius 1 is 1.00 bits per heavy atom. The van der Waals surface area contributed by atoms with Gasteiger partial charge in [0.25, 0.3) is 5.91 Å². The van der Waals surface area contributed by atoms with Crippen LogP contribution in [0.4, 0.5) is 0 Å². The highest BCUT2D eigenvalue weighted by atomic mass is 79.9. The maximum absolute atomic E-state index is 12.9. The summed E-state index contributed by atoms with van der Waals surface area (Å²) in [5, 5.41) is 3.16. The fourth-order valence-corrected chi connectivity index (χ4v) is 3.47. The van der Waals surface area contributed by atoms with Gasteiger partial charge in [-0.2, -0.15) is 0 Å². The van der Waals surface area contributed by atoms with Crippen molar-refractivity contribution in [2.45, 2.75) is 26.3 Å². The number of carbonyl (C=O) groups is 1. The van der Waals surface area contributed by atoms with E-state index in [0.717, 1.165) is 12.0 Å². The number of nitrogens with one attached hydrogen (secondary N) is 1. The van der Waals surface area contributed by atoms with Crippen LogP contribution in [-0.4, -0.2) is 5.91 Å². The number of halogens is 1. The van der Waals surface area contributed by atoms with Gasteiger partial charge in [-0.3, -0.25) is 4.79 Å². The number of benzene rings is 2. The summed E-state index contributed by atoms with van der Waals surface area (Å²) in [6.45, 7) is 3.65. The predicted octanol–water partition coefficient (Wildman–Crippen LogP) is 5.37. The molecule has 1 atom stereocenters. The molecule has 0 saturated heterocycles. The lowest BCUT2D eigenvalue weighted by Crippen LogP contribution is -2.30. The largest absolute Gasteiger partial charge is 0.465 e. The Morgan fingerprint density at radius 2 is 1.60 bits per heavy atom. The first-order valence-electron chi connectivity index (χ1n) is 8.21. The van der Waals surface area contributed by atoms with Gasteiger partial charge >= 0.3 is 0 Å². The molecule has 0 saturated carbocycles. The number of furan rings is 1. The smallest absolute Gasteiger partial charge is 0.256 e. The van der Waals surface area contributed by atoms with E-state index >= 15 is 0 Å². The standard InChI is InChI=1S/C21H20BrNO2/c1-14-19(20(22)15(2)25-14)21(24)23-18(17-11-7-4-8-12-17)13-16-9-5-3-6-10-16/h3-12,18H,13H2,1-2H3,(H,23,24). The van der Waals surface area contributed by atoms with E-state index in [4.69, 9.17) is 4.42 Å². The maximum Gasteiger partial charge on any atom is 0.256 e. The average molecular weight is 398 g/mol. The van der Waals surface area contributed by atoms with Crippen LogP contribution in [0, 0.1) is 13.8 Å². The highest BCUT2D eigenvalue weighted by Gasteiger charge is 2.23. The second kappa shape index (κ2) is 7.70. The Morgan fingerprint density at radius 3 is 2.16 bits per heavy atom. The highest BCUT2D eigenvalue weighted by Crippen LogP contribution is 2.28. The SMILES string of the molecule is Cc1oc(C)c(C(=O)NC(Cc2ccccc2)c2ccccc2)c1Br. The molecule has 0 radical (unpaired) electrons. The number of hydrogen-bond acceptors (Lipinski definition) is 2. The maximum atomic E-state index is 12.9. The van der Waals surface area contributed by atoms with Crippen molar-refractivity contribution in [3.8, 4) is 0 Å². The number of amides is 1. The van der Waals surface area contributed by atoms with Gasteiger partial charge in [0.2, 0.25) is 0 Å². The minimum Gasteiger partial charge on any atom is -0.465 e. The lowest BCUT2D eigenvalue weighted by molar-refractivity contribution is 0.0934. The topological polar surface area (TPSA) is 42.2 Å². The van der Waals surface area contributed by atoms with E-state index in [1.165, 1.54) is 5.56 Å². The fourth-order valence-electron chi connectivity index (χ4n) is 2.93. The summed E-state index contributed by atoms with van der Waals surface area (Å²) in [4.78, 5) is 12.9. The van der Waals surface area contributed by atoms with Crippen molar-refractivity contribution in [2.75, 3.05) is 0 Å². The first kappa shape index (κ1) is 17.5. The van der Waals surface area contributed by atoms with E-state index in [1.807, 2.05) is 55.5 Å². The van der Waals surface area contributed by atoms with Crippen molar-refractivity contribution in [1.29, 1.82) is 0 Å². The molecule has 3 aromatic rings. The molecule has 3 rings (SSSR count). The molecule has 1 heterocycles. The van der Waals surface area contributed by atoms with Crippen LogP contribution < -0.4 is 5.32 Å². The van der Waals surface area contributed by atoms with Crippen LogP contribution in [-0.2, 0) is 6.42 Å². The van der Waals surface area contributed by atoms with E-state index in [2.05, 4.69) is 33.4 Å². The van der Waals surface area contributed by atoms with Gasteiger partial charge in [-0.1, -0.05) is 60.7 Å². The molecule has 0 aliphatic rings. The second-order valence-corrected chi connectivity index (χ2v) is 6.82. The summed E-state index contributed by atoms with van der Waals surface area (Å²) in [6, 6.07) is 20.1. The summed E-state index contributed by atoms with van der Waals surface area (Å²) in [6.07, 6.45) is 0.726. The Labute approximate surface area is 156 Å². The summed E-state index contributed by atoms with van der Waals surface area (Å²) in [5.74, 6) is 1.20. The summed E-state index contributed by atoms with van der Waals surface area (Å²) in [7, 11) is 0. The van der Waals surface area contributed by atoms with Crippen molar-refractivity contribution in [2.24, 2.45) is 0 Å². The lowest BCUT2D eigenvalue weighted by atomic mass is 9.98. The van der Waals surface area contributed by atoms with Crippen LogP contribution >= 0.6 is 15.9 Å². The van der Waals surface area contributed by atoms with Crippen molar-refractivity contribution < 1.29 is 9.21 Å². The van der Waals surface area contributed by atoms with Crippen molar-refractivity contribution in [3.05, 3.63) is 93.3 Å². The van der Waals surface area contributed by atoms with Gasteiger partial charge in [0.1, 0.15) is 11.5 Å². The van der Waals surface area contributed by atoms with Crippen LogP contribution in [0.5, 0.6) is 0 Å². The molecule has 4 heteroatoms. The third kappa shape index (κ3) is 4.02. The molecule has 0 fully saturated rings. The monoisotopic (exact) mass is 397 g/mol. The molecular weight excluding hydrogens is 378 g/mol. The number of rotatable bonds is 5. The average Bonchev–Trinajstić information content (AvgIpc) is 2.88. The van der Waals surface area contributed by atoms with Crippen molar-refractivity contribution in [1.82, 2.24) is 5.32 Å². The van der Waals surface area contributed by atoms with Crippen LogP contribution in [0.15, 0.2) is 69.6 Å². The number of hydrogen-bond donors (Lipinski definition) is 1. The van der Waals surface area contributed by atoms with Gasteiger partial charge in [-0.25, -0.2) is 0 Å². The molecule has 128 valence electrons. The molecule has 0 spiro atoms. The van der Waals surface area contributed by atoms with E-state index in [-0.39, 0.29) is 11.9 Å². The molecule has 1 unspecified atom stereocenters. The molecule has 1 aromatic heterocycles. The fraction of sp³-hybridized carbons (Fsp3) is 0.190. The van der Waals surface area contributed by atoms with Gasteiger partial charge in [-0.05, 0) is 47.3 Å². The molecule has 1 amide bonds. The minimum absolute atomic E-state index is 0.113. The van der Waals surface area contributed by atoms with Crippen LogP contribution in [0.25, 0.3) is 0 Å². The first-order valence-corrected chi connectivity index (χ1v) is 9.00. The number of carbonyl (C=O) groups excluding carboxylic acids is 1. The molecule has 2 aromatic carbocycles. The third-order valence-electron chi connectivity index (χ3n) is 4.20. The summed E-state index contributed by atoms with van der Waals surface area (Å²) < 4.78 is 6.28. The van der Waals surface area contributed by atoms with E-state index in [1.54, 1.807) is 6.92 Å². The Kier molecular flexibility index (Phi) is 5.39. The van der Waals surface area contributed by atoms with E-state index in [0.29, 0.717) is 21.6 Å². The lowest BCUT2D eigenvalue weighted by Gasteiger charge is -2.19. The molecule has 0 aliphatic heterocycles.